The number of hydrogen-bond acceptors (Lipinski definition) is 3. The van der Waals surface area contributed by atoms with Crippen LogP contribution in [0.3, 0.4) is 0 Å². The molecule has 0 aromatic heterocycles. The number of rotatable bonds is 6. The number of carbonyl (C=O) groups excluding carboxylic acids is 1. The maximum absolute atomic E-state index is 12.6. The molecule has 18 heavy (non-hydrogen) atoms. The first kappa shape index (κ1) is 15.4. The molecule has 106 valence electrons. The van der Waals surface area contributed by atoms with Crippen molar-refractivity contribution in [1.82, 2.24) is 10.2 Å². The van der Waals surface area contributed by atoms with Crippen molar-refractivity contribution in [2.75, 3.05) is 19.7 Å². The molecule has 0 saturated carbocycles. The molecule has 1 rings (SSSR count). The Balaban J connectivity index is 2.74. The molecule has 0 bridgehead atoms. The fourth-order valence-electron chi connectivity index (χ4n) is 2.90. The normalized spacial score (nSPS) is 24.3. The monoisotopic (exact) mass is 256 g/mol. The largest absolute Gasteiger partial charge is 0.395 e. The minimum absolute atomic E-state index is 0.0524. The van der Waals surface area contributed by atoms with Crippen molar-refractivity contribution in [3.05, 3.63) is 0 Å². The predicted octanol–water partition coefficient (Wildman–Crippen LogP) is 1.38. The molecule has 0 aromatic carbocycles. The lowest BCUT2D eigenvalue weighted by atomic mass is 9.90. The first-order chi connectivity index (χ1) is 8.65. The topological polar surface area (TPSA) is 52.6 Å². The van der Waals surface area contributed by atoms with E-state index in [1.807, 2.05) is 4.90 Å². The summed E-state index contributed by atoms with van der Waals surface area (Å²) in [5, 5.41) is 12.6. The molecule has 4 nitrogen and oxygen atoms in total. The zero-order valence-corrected chi connectivity index (χ0v) is 12.0. The molecule has 2 atom stereocenters. The van der Waals surface area contributed by atoms with Crippen LogP contribution in [-0.4, -0.2) is 47.7 Å². The van der Waals surface area contributed by atoms with Gasteiger partial charge in [-0.1, -0.05) is 13.8 Å². The van der Waals surface area contributed by atoms with Crippen LogP contribution in [0.1, 0.15) is 46.5 Å². The number of aliphatic hydroxyl groups excluding tert-OH is 1. The molecule has 1 aliphatic rings. The molecule has 1 saturated heterocycles. The molecule has 4 heteroatoms. The lowest BCUT2D eigenvalue weighted by Crippen LogP contribution is -2.51. The van der Waals surface area contributed by atoms with Gasteiger partial charge in [0.2, 0.25) is 5.91 Å². The number of piperidine rings is 1. The second-order valence-electron chi connectivity index (χ2n) is 5.22. The Bertz CT molecular complexity index is 254. The number of carbonyl (C=O) groups is 1. The Morgan fingerprint density at radius 3 is 2.61 bits per heavy atom. The van der Waals surface area contributed by atoms with Gasteiger partial charge in [0, 0.05) is 18.6 Å². The highest BCUT2D eigenvalue weighted by molar-refractivity contribution is 5.80. The van der Waals surface area contributed by atoms with E-state index in [4.69, 9.17) is 0 Å². The fourth-order valence-corrected chi connectivity index (χ4v) is 2.90. The van der Waals surface area contributed by atoms with Crippen LogP contribution in [0, 0.1) is 5.92 Å². The van der Waals surface area contributed by atoms with Crippen LogP contribution in [0.4, 0.5) is 0 Å². The van der Waals surface area contributed by atoms with Crippen molar-refractivity contribution in [3.8, 4) is 0 Å². The molecule has 0 aromatic rings. The molecule has 2 unspecified atom stereocenters. The van der Waals surface area contributed by atoms with Crippen LogP contribution in [0.15, 0.2) is 0 Å². The lowest BCUT2D eigenvalue weighted by Gasteiger charge is -2.37. The highest BCUT2D eigenvalue weighted by atomic mass is 16.3. The minimum atomic E-state index is 0.0524. The predicted molar refractivity (Wildman–Crippen MR) is 73.4 cm³/mol. The first-order valence-corrected chi connectivity index (χ1v) is 7.30. The maximum atomic E-state index is 12.6. The van der Waals surface area contributed by atoms with E-state index in [0.717, 1.165) is 32.2 Å². The van der Waals surface area contributed by atoms with Gasteiger partial charge in [-0.25, -0.2) is 0 Å². The van der Waals surface area contributed by atoms with Crippen molar-refractivity contribution in [1.29, 1.82) is 0 Å². The smallest absolute Gasteiger partial charge is 0.227 e. The van der Waals surface area contributed by atoms with Crippen molar-refractivity contribution < 1.29 is 9.90 Å². The number of hydrogen-bond donors (Lipinski definition) is 2. The summed E-state index contributed by atoms with van der Waals surface area (Å²) in [5.41, 5.74) is 0. The van der Waals surface area contributed by atoms with Crippen molar-refractivity contribution in [2.45, 2.75) is 58.5 Å². The summed E-state index contributed by atoms with van der Waals surface area (Å²) in [7, 11) is 0. The third-order valence-corrected chi connectivity index (χ3v) is 4.09. The number of nitrogens with one attached hydrogen (secondary N) is 1. The van der Waals surface area contributed by atoms with E-state index < -0.39 is 0 Å². The Hall–Kier alpha value is -0.610. The van der Waals surface area contributed by atoms with Gasteiger partial charge in [0.15, 0.2) is 0 Å². The van der Waals surface area contributed by atoms with Gasteiger partial charge in [-0.3, -0.25) is 4.79 Å². The van der Waals surface area contributed by atoms with Gasteiger partial charge >= 0.3 is 0 Å². The molecule has 1 amide bonds. The average molecular weight is 256 g/mol. The highest BCUT2D eigenvalue weighted by Crippen LogP contribution is 2.21. The summed E-state index contributed by atoms with van der Waals surface area (Å²) in [4.78, 5) is 14.5. The second-order valence-corrected chi connectivity index (χ2v) is 5.22. The third-order valence-electron chi connectivity index (χ3n) is 4.09. The van der Waals surface area contributed by atoms with Gasteiger partial charge in [-0.2, -0.15) is 0 Å². The van der Waals surface area contributed by atoms with Crippen LogP contribution < -0.4 is 5.32 Å². The zero-order valence-electron chi connectivity index (χ0n) is 12.0. The summed E-state index contributed by atoms with van der Waals surface area (Å²) >= 11 is 0. The quantitative estimate of drug-likeness (QED) is 0.755. The zero-order chi connectivity index (χ0) is 13.5. The van der Waals surface area contributed by atoms with E-state index in [1.165, 1.54) is 0 Å². The maximum Gasteiger partial charge on any atom is 0.227 e. The van der Waals surface area contributed by atoms with Crippen LogP contribution in [0.5, 0.6) is 0 Å². The van der Waals surface area contributed by atoms with E-state index in [0.29, 0.717) is 6.54 Å². The molecule has 1 aliphatic heterocycles. The molecule has 1 fully saturated rings. The SMILES string of the molecule is CCC(CC)N(CCO)C(=O)C1CCCNC1C. The Labute approximate surface area is 111 Å². The molecule has 0 radical (unpaired) electrons. The Morgan fingerprint density at radius 2 is 2.11 bits per heavy atom. The first-order valence-electron chi connectivity index (χ1n) is 7.30. The van der Waals surface area contributed by atoms with Crippen LogP contribution in [0.2, 0.25) is 0 Å². The number of nitrogens with zero attached hydrogens (tertiary/aromatic N) is 1. The van der Waals surface area contributed by atoms with E-state index in [-0.39, 0.29) is 30.5 Å². The molecule has 0 aliphatic carbocycles. The number of amides is 1. The summed E-state index contributed by atoms with van der Waals surface area (Å²) in [5.74, 6) is 0.295. The summed E-state index contributed by atoms with van der Waals surface area (Å²) in [6.45, 7) is 7.83. The van der Waals surface area contributed by atoms with E-state index >= 15 is 0 Å². The van der Waals surface area contributed by atoms with Crippen molar-refractivity contribution in [2.24, 2.45) is 5.92 Å². The summed E-state index contributed by atoms with van der Waals surface area (Å²) < 4.78 is 0. The summed E-state index contributed by atoms with van der Waals surface area (Å²) in [6, 6.07) is 0.514. The third kappa shape index (κ3) is 3.69. The highest BCUT2D eigenvalue weighted by Gasteiger charge is 2.32. The minimum Gasteiger partial charge on any atom is -0.395 e. The van der Waals surface area contributed by atoms with Gasteiger partial charge < -0.3 is 15.3 Å². The molecule has 2 N–H and O–H groups in total. The van der Waals surface area contributed by atoms with Crippen LogP contribution >= 0.6 is 0 Å². The van der Waals surface area contributed by atoms with E-state index in [2.05, 4.69) is 26.1 Å². The standard InChI is InChI=1S/C14H28N2O2/c1-4-12(5-2)16(9-10-17)14(18)13-7-6-8-15-11(13)3/h11-13,15,17H,4-10H2,1-3H3. The van der Waals surface area contributed by atoms with Gasteiger partial charge in [0.1, 0.15) is 0 Å². The molecular weight excluding hydrogens is 228 g/mol. The van der Waals surface area contributed by atoms with Crippen molar-refractivity contribution >= 4 is 5.91 Å². The molecular formula is C14H28N2O2. The van der Waals surface area contributed by atoms with E-state index in [9.17, 15) is 9.90 Å². The summed E-state index contributed by atoms with van der Waals surface area (Å²) in [6.07, 6.45) is 3.94. The van der Waals surface area contributed by atoms with Gasteiger partial charge in [0.25, 0.3) is 0 Å². The Kier molecular flexibility index (Phi) is 6.65. The Morgan fingerprint density at radius 1 is 1.44 bits per heavy atom. The van der Waals surface area contributed by atoms with Gasteiger partial charge in [0.05, 0.1) is 12.5 Å². The van der Waals surface area contributed by atoms with Crippen molar-refractivity contribution in [3.63, 3.8) is 0 Å². The lowest BCUT2D eigenvalue weighted by molar-refractivity contribution is -0.140. The van der Waals surface area contributed by atoms with Crippen LogP contribution in [0.25, 0.3) is 0 Å². The van der Waals surface area contributed by atoms with Gasteiger partial charge in [-0.15, -0.1) is 0 Å². The number of aliphatic hydroxyl groups is 1. The van der Waals surface area contributed by atoms with Gasteiger partial charge in [-0.05, 0) is 39.2 Å². The molecule has 0 spiro atoms. The average Bonchev–Trinajstić information content (AvgIpc) is 2.39. The second kappa shape index (κ2) is 7.74. The van der Waals surface area contributed by atoms with Crippen LogP contribution in [-0.2, 0) is 4.79 Å². The fraction of sp³-hybridized carbons (Fsp3) is 0.929. The van der Waals surface area contributed by atoms with E-state index in [1.54, 1.807) is 0 Å². The molecule has 1 heterocycles.